The second-order valence-corrected chi connectivity index (χ2v) is 6.53. The quantitative estimate of drug-likeness (QED) is 0.675. The van der Waals surface area contributed by atoms with Gasteiger partial charge in [-0.2, -0.15) is 0 Å². The molecule has 0 bridgehead atoms. The van der Waals surface area contributed by atoms with Gasteiger partial charge in [-0.15, -0.1) is 0 Å². The summed E-state index contributed by atoms with van der Waals surface area (Å²) in [5.74, 6) is 0.0514. The van der Waals surface area contributed by atoms with E-state index in [0.29, 0.717) is 35.8 Å². The Morgan fingerprint density at radius 3 is 2.62 bits per heavy atom. The lowest BCUT2D eigenvalue weighted by molar-refractivity contribution is 0.0595. The van der Waals surface area contributed by atoms with Crippen LogP contribution in [0.1, 0.15) is 21.6 Å². The number of nitrogens with one attached hydrogen (secondary N) is 1. The fourth-order valence-electron chi connectivity index (χ4n) is 3.40. The van der Waals surface area contributed by atoms with Crippen molar-refractivity contribution in [1.82, 2.24) is 4.98 Å². The summed E-state index contributed by atoms with van der Waals surface area (Å²) in [7, 11) is 2.67. The third kappa shape index (κ3) is 3.42. The van der Waals surface area contributed by atoms with Crippen molar-refractivity contribution < 1.29 is 23.8 Å². The van der Waals surface area contributed by atoms with Crippen LogP contribution in [-0.2, 0) is 16.1 Å². The number of aromatic amines is 1. The summed E-state index contributed by atoms with van der Waals surface area (Å²) in [6.45, 7) is 0.729. The fourth-order valence-corrected chi connectivity index (χ4v) is 3.40. The lowest BCUT2D eigenvalue weighted by Gasteiger charge is -2.26. The number of carbonyl (C=O) groups excluding carboxylic acids is 2. The molecule has 7 nitrogen and oxygen atoms in total. The lowest BCUT2D eigenvalue weighted by Crippen LogP contribution is -2.32. The molecule has 1 aliphatic rings. The number of rotatable bonds is 4. The Labute approximate surface area is 167 Å². The van der Waals surface area contributed by atoms with Crippen LogP contribution in [-0.4, -0.2) is 37.8 Å². The third-order valence-electron chi connectivity index (χ3n) is 4.80. The Morgan fingerprint density at radius 2 is 1.90 bits per heavy atom. The largest absolute Gasteiger partial charge is 0.487 e. The van der Waals surface area contributed by atoms with E-state index in [2.05, 4.69) is 4.98 Å². The van der Waals surface area contributed by atoms with Gasteiger partial charge in [-0.1, -0.05) is 42.5 Å². The second kappa shape index (κ2) is 7.71. The van der Waals surface area contributed by atoms with Crippen molar-refractivity contribution in [2.45, 2.75) is 6.61 Å². The maximum absolute atomic E-state index is 12.3. The number of hydrogen-bond donors (Lipinski definition) is 1. The number of H-pyrrole nitrogens is 1. The molecule has 148 valence electrons. The molecule has 7 heteroatoms. The Hall–Kier alpha value is -3.74. The molecule has 0 saturated heterocycles. The van der Waals surface area contributed by atoms with Crippen molar-refractivity contribution in [2.75, 3.05) is 25.7 Å². The highest BCUT2D eigenvalue weighted by Gasteiger charge is 2.26. The van der Waals surface area contributed by atoms with Crippen LogP contribution in [0.4, 0.5) is 10.5 Å². The molecule has 0 radical (unpaired) electrons. The molecule has 1 N–H and O–H groups in total. The molecule has 1 aliphatic heterocycles. The zero-order valence-electron chi connectivity index (χ0n) is 16.1. The summed E-state index contributed by atoms with van der Waals surface area (Å²) in [4.78, 5) is 28.9. The number of ether oxygens (including phenoxy) is 3. The van der Waals surface area contributed by atoms with Crippen molar-refractivity contribution in [3.8, 4) is 5.75 Å². The number of methoxy groups -OCH3 is 2. The Kier molecular flexibility index (Phi) is 4.95. The van der Waals surface area contributed by atoms with Gasteiger partial charge in [-0.25, -0.2) is 9.59 Å². The number of amides is 1. The average Bonchev–Trinajstić information content (AvgIpc) is 3.22. The molecule has 0 unspecified atom stereocenters. The van der Waals surface area contributed by atoms with E-state index in [1.807, 2.05) is 42.5 Å². The first-order valence-corrected chi connectivity index (χ1v) is 9.09. The molecule has 0 saturated carbocycles. The van der Waals surface area contributed by atoms with Gasteiger partial charge in [0.05, 0.1) is 25.4 Å². The summed E-state index contributed by atoms with van der Waals surface area (Å²) in [5, 5.41) is 0.760. The van der Waals surface area contributed by atoms with Crippen LogP contribution in [0.5, 0.6) is 5.75 Å². The Morgan fingerprint density at radius 1 is 1.10 bits per heavy atom. The molecule has 4 rings (SSSR count). The monoisotopic (exact) mass is 392 g/mol. The molecular weight excluding hydrogens is 372 g/mol. The summed E-state index contributed by atoms with van der Waals surface area (Å²) in [5.41, 5.74) is 3.43. The predicted octanol–water partition coefficient (Wildman–Crippen LogP) is 4.13. The number of carbonyl (C=O) groups is 2. The van der Waals surface area contributed by atoms with Crippen LogP contribution in [0, 0.1) is 0 Å². The first-order chi connectivity index (χ1) is 14.1. The van der Waals surface area contributed by atoms with Gasteiger partial charge in [0.1, 0.15) is 18.1 Å². The van der Waals surface area contributed by atoms with E-state index in [4.69, 9.17) is 14.2 Å². The van der Waals surface area contributed by atoms with E-state index in [1.54, 1.807) is 12.1 Å². The summed E-state index contributed by atoms with van der Waals surface area (Å²) < 4.78 is 15.8. The minimum Gasteiger partial charge on any atom is -0.487 e. The van der Waals surface area contributed by atoms with E-state index in [-0.39, 0.29) is 0 Å². The topological polar surface area (TPSA) is 80.9 Å². The molecule has 1 amide bonds. The van der Waals surface area contributed by atoms with Gasteiger partial charge >= 0.3 is 12.1 Å². The molecule has 29 heavy (non-hydrogen) atoms. The van der Waals surface area contributed by atoms with Gasteiger partial charge < -0.3 is 19.2 Å². The SMILES string of the molecule is COC(=O)c1cc2c3c(cc(OCc4ccccc4)c2[nH]1)N(C(=O)OC)CC=C3. The summed E-state index contributed by atoms with van der Waals surface area (Å²) in [6.07, 6.45) is 3.33. The van der Waals surface area contributed by atoms with Gasteiger partial charge in [-0.05, 0) is 11.6 Å². The minimum absolute atomic E-state index is 0.309. The first kappa shape index (κ1) is 18.6. The number of benzene rings is 2. The highest BCUT2D eigenvalue weighted by atomic mass is 16.5. The number of nitrogens with zero attached hydrogens (tertiary/aromatic N) is 1. The van der Waals surface area contributed by atoms with Gasteiger partial charge in [0.25, 0.3) is 0 Å². The maximum Gasteiger partial charge on any atom is 0.414 e. The molecule has 3 aromatic rings. The minimum atomic E-state index is -0.478. The van der Waals surface area contributed by atoms with Crippen LogP contribution in [0.3, 0.4) is 0 Å². The standard InChI is InChI=1S/C22H20N2O5/c1-27-21(25)17-11-16-15-9-6-10-24(22(26)28-2)18(15)12-19(20(16)23-17)29-13-14-7-4-3-5-8-14/h3-9,11-12,23H,10,13H2,1-2H3. The lowest BCUT2D eigenvalue weighted by atomic mass is 10.0. The van der Waals surface area contributed by atoms with Gasteiger partial charge in [-0.3, -0.25) is 4.90 Å². The Bertz CT molecular complexity index is 1100. The van der Waals surface area contributed by atoms with Crippen molar-refractivity contribution in [3.05, 3.63) is 65.4 Å². The van der Waals surface area contributed by atoms with Crippen LogP contribution in [0.25, 0.3) is 17.0 Å². The molecule has 0 fully saturated rings. The molecule has 2 aromatic carbocycles. The van der Waals surface area contributed by atoms with Crippen molar-refractivity contribution in [1.29, 1.82) is 0 Å². The van der Waals surface area contributed by atoms with Crippen LogP contribution >= 0.6 is 0 Å². The fraction of sp³-hybridized carbons (Fsp3) is 0.182. The third-order valence-corrected chi connectivity index (χ3v) is 4.80. The highest BCUT2D eigenvalue weighted by molar-refractivity contribution is 6.06. The number of aromatic nitrogens is 1. The first-order valence-electron chi connectivity index (χ1n) is 9.09. The van der Waals surface area contributed by atoms with Crippen molar-refractivity contribution >= 4 is 34.7 Å². The molecule has 1 aromatic heterocycles. The van der Waals surface area contributed by atoms with Crippen molar-refractivity contribution in [2.24, 2.45) is 0 Å². The number of fused-ring (bicyclic) bond motifs is 3. The predicted molar refractivity (Wildman–Crippen MR) is 109 cm³/mol. The van der Waals surface area contributed by atoms with Crippen molar-refractivity contribution in [3.63, 3.8) is 0 Å². The van der Waals surface area contributed by atoms with Crippen LogP contribution in [0.15, 0.2) is 48.5 Å². The zero-order valence-corrected chi connectivity index (χ0v) is 16.1. The number of anilines is 1. The van der Waals surface area contributed by atoms with Gasteiger partial charge in [0.15, 0.2) is 0 Å². The van der Waals surface area contributed by atoms with Crippen LogP contribution < -0.4 is 9.64 Å². The van der Waals surface area contributed by atoms with E-state index in [9.17, 15) is 9.59 Å². The van der Waals surface area contributed by atoms with E-state index >= 15 is 0 Å². The van der Waals surface area contributed by atoms with Gasteiger partial charge in [0, 0.05) is 23.6 Å². The molecular formula is C22H20N2O5. The zero-order chi connectivity index (χ0) is 20.4. The van der Waals surface area contributed by atoms with E-state index < -0.39 is 12.1 Å². The number of esters is 1. The second-order valence-electron chi connectivity index (χ2n) is 6.53. The molecule has 0 aliphatic carbocycles. The summed E-state index contributed by atoms with van der Waals surface area (Å²) in [6, 6.07) is 13.2. The van der Waals surface area contributed by atoms with Crippen LogP contribution in [0.2, 0.25) is 0 Å². The Balaban J connectivity index is 1.84. The average molecular weight is 392 g/mol. The summed E-state index contributed by atoms with van der Waals surface area (Å²) >= 11 is 0. The smallest absolute Gasteiger partial charge is 0.414 e. The van der Waals surface area contributed by atoms with Gasteiger partial charge in [0.2, 0.25) is 0 Å². The van der Waals surface area contributed by atoms with E-state index in [0.717, 1.165) is 16.5 Å². The normalized spacial score (nSPS) is 12.6. The molecule has 2 heterocycles. The number of hydrogen-bond acceptors (Lipinski definition) is 5. The highest BCUT2D eigenvalue weighted by Crippen LogP contribution is 2.39. The van der Waals surface area contributed by atoms with E-state index in [1.165, 1.54) is 19.1 Å². The molecule has 0 spiro atoms. The molecule has 0 atom stereocenters. The maximum atomic E-state index is 12.3.